The molecular formula is C15H21FN2O2. The number of anilines is 1. The number of benzene rings is 1. The van der Waals surface area contributed by atoms with Gasteiger partial charge >= 0.3 is 0 Å². The van der Waals surface area contributed by atoms with Crippen molar-refractivity contribution in [3.8, 4) is 0 Å². The van der Waals surface area contributed by atoms with Crippen molar-refractivity contribution in [2.75, 3.05) is 5.32 Å². The molecule has 5 heteroatoms. The lowest BCUT2D eigenvalue weighted by molar-refractivity contribution is -0.131. The number of hydrogen-bond acceptors (Lipinski definition) is 2. The van der Waals surface area contributed by atoms with Crippen molar-refractivity contribution in [1.82, 2.24) is 5.32 Å². The predicted molar refractivity (Wildman–Crippen MR) is 76.8 cm³/mol. The molecule has 0 radical (unpaired) electrons. The average Bonchev–Trinajstić information content (AvgIpc) is 2.32. The summed E-state index contributed by atoms with van der Waals surface area (Å²) >= 11 is 0. The Balaban J connectivity index is 2.71. The van der Waals surface area contributed by atoms with Crippen LogP contribution in [-0.2, 0) is 9.59 Å². The van der Waals surface area contributed by atoms with Gasteiger partial charge in [-0.05, 0) is 31.5 Å². The third-order valence-corrected chi connectivity index (χ3v) is 2.80. The van der Waals surface area contributed by atoms with Crippen LogP contribution in [0.25, 0.3) is 0 Å². The lowest BCUT2D eigenvalue weighted by atomic mass is 9.95. The fourth-order valence-corrected chi connectivity index (χ4v) is 1.45. The highest BCUT2D eigenvalue weighted by Crippen LogP contribution is 2.16. The number of hydrogen-bond donors (Lipinski definition) is 2. The molecule has 1 unspecified atom stereocenters. The van der Waals surface area contributed by atoms with E-state index in [1.807, 2.05) is 0 Å². The van der Waals surface area contributed by atoms with Crippen LogP contribution in [0.2, 0.25) is 0 Å². The van der Waals surface area contributed by atoms with E-state index in [1.54, 1.807) is 46.8 Å². The molecule has 20 heavy (non-hydrogen) atoms. The Kier molecular flexibility index (Phi) is 4.87. The SMILES string of the molecule is Cc1ccc(F)c(NC(=O)C(C)NC(=O)C(C)(C)C)c1. The largest absolute Gasteiger partial charge is 0.344 e. The van der Waals surface area contributed by atoms with E-state index in [4.69, 9.17) is 0 Å². The third-order valence-electron chi connectivity index (χ3n) is 2.80. The number of nitrogens with one attached hydrogen (secondary N) is 2. The Hall–Kier alpha value is -1.91. The molecule has 4 nitrogen and oxygen atoms in total. The smallest absolute Gasteiger partial charge is 0.246 e. The third kappa shape index (κ3) is 4.33. The van der Waals surface area contributed by atoms with Crippen molar-refractivity contribution >= 4 is 17.5 Å². The van der Waals surface area contributed by atoms with Gasteiger partial charge in [-0.3, -0.25) is 9.59 Å². The molecule has 0 aliphatic heterocycles. The van der Waals surface area contributed by atoms with Crippen LogP contribution >= 0.6 is 0 Å². The summed E-state index contributed by atoms with van der Waals surface area (Å²) in [7, 11) is 0. The van der Waals surface area contributed by atoms with Gasteiger partial charge in [0.25, 0.3) is 0 Å². The topological polar surface area (TPSA) is 58.2 Å². The molecule has 1 aromatic carbocycles. The van der Waals surface area contributed by atoms with Gasteiger partial charge in [-0.2, -0.15) is 0 Å². The standard InChI is InChI=1S/C15H21FN2O2/c1-9-6-7-11(16)12(8-9)18-13(19)10(2)17-14(20)15(3,4)5/h6-8,10H,1-5H3,(H,17,20)(H,18,19). The molecule has 1 rings (SSSR count). The average molecular weight is 280 g/mol. The summed E-state index contributed by atoms with van der Waals surface area (Å²) in [5.74, 6) is -1.18. The Morgan fingerprint density at radius 1 is 1.25 bits per heavy atom. The van der Waals surface area contributed by atoms with E-state index in [9.17, 15) is 14.0 Å². The Morgan fingerprint density at radius 3 is 2.40 bits per heavy atom. The fourth-order valence-electron chi connectivity index (χ4n) is 1.45. The van der Waals surface area contributed by atoms with Crippen LogP contribution in [0.4, 0.5) is 10.1 Å². The number of aryl methyl sites for hydroxylation is 1. The fraction of sp³-hybridized carbons (Fsp3) is 0.467. The minimum Gasteiger partial charge on any atom is -0.344 e. The minimum absolute atomic E-state index is 0.117. The first-order valence-electron chi connectivity index (χ1n) is 6.49. The molecule has 1 aromatic rings. The lowest BCUT2D eigenvalue weighted by Gasteiger charge is -2.21. The summed E-state index contributed by atoms with van der Waals surface area (Å²) in [6.45, 7) is 8.64. The van der Waals surface area contributed by atoms with Crippen LogP contribution in [-0.4, -0.2) is 17.9 Å². The van der Waals surface area contributed by atoms with Gasteiger partial charge in [0.1, 0.15) is 11.9 Å². The first kappa shape index (κ1) is 16.1. The van der Waals surface area contributed by atoms with Crippen molar-refractivity contribution in [3.05, 3.63) is 29.6 Å². The Labute approximate surface area is 118 Å². The number of carbonyl (C=O) groups is 2. The van der Waals surface area contributed by atoms with Gasteiger partial charge in [0, 0.05) is 5.41 Å². The summed E-state index contributed by atoms with van der Waals surface area (Å²) in [5.41, 5.74) is 0.378. The Morgan fingerprint density at radius 2 is 1.85 bits per heavy atom. The Bertz CT molecular complexity index is 521. The van der Waals surface area contributed by atoms with Crippen molar-refractivity contribution in [1.29, 1.82) is 0 Å². The molecule has 0 spiro atoms. The van der Waals surface area contributed by atoms with Gasteiger partial charge in [0.05, 0.1) is 5.69 Å². The molecule has 110 valence electrons. The first-order valence-corrected chi connectivity index (χ1v) is 6.49. The maximum atomic E-state index is 13.5. The molecule has 0 heterocycles. The molecule has 0 aromatic heterocycles. The van der Waals surface area contributed by atoms with E-state index >= 15 is 0 Å². The maximum Gasteiger partial charge on any atom is 0.246 e. The number of amides is 2. The second kappa shape index (κ2) is 6.03. The molecule has 0 bridgehead atoms. The van der Waals surface area contributed by atoms with Crippen molar-refractivity contribution < 1.29 is 14.0 Å². The van der Waals surface area contributed by atoms with Crippen molar-refractivity contribution in [2.45, 2.75) is 40.7 Å². The van der Waals surface area contributed by atoms with Gasteiger partial charge in [-0.1, -0.05) is 26.8 Å². The number of carbonyl (C=O) groups excluding carboxylic acids is 2. The maximum absolute atomic E-state index is 13.5. The quantitative estimate of drug-likeness (QED) is 0.894. The van der Waals surface area contributed by atoms with Gasteiger partial charge in [0.15, 0.2) is 0 Å². The van der Waals surface area contributed by atoms with Crippen LogP contribution in [0.1, 0.15) is 33.3 Å². The first-order chi connectivity index (χ1) is 9.11. The van der Waals surface area contributed by atoms with E-state index in [-0.39, 0.29) is 11.6 Å². The van der Waals surface area contributed by atoms with Gasteiger partial charge in [-0.15, -0.1) is 0 Å². The number of rotatable bonds is 3. The highest BCUT2D eigenvalue weighted by atomic mass is 19.1. The van der Waals surface area contributed by atoms with Crippen molar-refractivity contribution in [3.63, 3.8) is 0 Å². The van der Waals surface area contributed by atoms with Crippen molar-refractivity contribution in [2.24, 2.45) is 5.41 Å². The second-order valence-electron chi connectivity index (χ2n) is 5.92. The molecule has 0 fully saturated rings. The molecule has 0 saturated heterocycles. The van der Waals surface area contributed by atoms with E-state index in [0.29, 0.717) is 0 Å². The molecule has 1 atom stereocenters. The molecule has 2 amide bonds. The van der Waals surface area contributed by atoms with Crippen LogP contribution in [0, 0.1) is 18.2 Å². The zero-order valence-corrected chi connectivity index (χ0v) is 12.5. The van der Waals surface area contributed by atoms with Crippen LogP contribution in [0.5, 0.6) is 0 Å². The van der Waals surface area contributed by atoms with Crippen LogP contribution < -0.4 is 10.6 Å². The summed E-state index contributed by atoms with van der Waals surface area (Å²) in [6.07, 6.45) is 0. The molecule has 0 aliphatic rings. The summed E-state index contributed by atoms with van der Waals surface area (Å²) in [6, 6.07) is 3.73. The van der Waals surface area contributed by atoms with E-state index in [0.717, 1.165) is 5.56 Å². The molecule has 0 aliphatic carbocycles. The number of halogens is 1. The van der Waals surface area contributed by atoms with E-state index in [1.165, 1.54) is 6.07 Å². The molecule has 2 N–H and O–H groups in total. The van der Waals surface area contributed by atoms with Crippen LogP contribution in [0.15, 0.2) is 18.2 Å². The summed E-state index contributed by atoms with van der Waals surface area (Å²) in [4.78, 5) is 23.7. The minimum atomic E-state index is -0.735. The predicted octanol–water partition coefficient (Wildman–Crippen LogP) is 2.62. The normalized spacial score (nSPS) is 12.7. The zero-order chi connectivity index (χ0) is 15.5. The van der Waals surface area contributed by atoms with Gasteiger partial charge in [-0.25, -0.2) is 4.39 Å². The summed E-state index contributed by atoms with van der Waals surface area (Å²) in [5, 5.41) is 5.08. The summed E-state index contributed by atoms with van der Waals surface area (Å²) < 4.78 is 13.5. The van der Waals surface area contributed by atoms with E-state index < -0.39 is 23.2 Å². The van der Waals surface area contributed by atoms with Gasteiger partial charge < -0.3 is 10.6 Å². The van der Waals surface area contributed by atoms with E-state index in [2.05, 4.69) is 10.6 Å². The highest BCUT2D eigenvalue weighted by Gasteiger charge is 2.25. The molecule has 0 saturated carbocycles. The van der Waals surface area contributed by atoms with Gasteiger partial charge in [0.2, 0.25) is 11.8 Å². The lowest BCUT2D eigenvalue weighted by Crippen LogP contribution is -2.46. The van der Waals surface area contributed by atoms with Crippen LogP contribution in [0.3, 0.4) is 0 Å². The molecular weight excluding hydrogens is 259 g/mol. The second-order valence-corrected chi connectivity index (χ2v) is 5.92. The zero-order valence-electron chi connectivity index (χ0n) is 12.5. The monoisotopic (exact) mass is 280 g/mol. The highest BCUT2D eigenvalue weighted by molar-refractivity contribution is 5.97.